The first-order chi connectivity index (χ1) is 6.72. The van der Waals surface area contributed by atoms with Gasteiger partial charge in [0.1, 0.15) is 11.6 Å². The number of aromatic hydroxyl groups is 1. The maximum atomic E-state index is 13.5. The van der Waals surface area contributed by atoms with Gasteiger partial charge in [-0.25, -0.2) is 4.39 Å². The van der Waals surface area contributed by atoms with E-state index in [1.807, 2.05) is 6.92 Å². The summed E-state index contributed by atoms with van der Waals surface area (Å²) in [6, 6.07) is 4.35. The SMILES string of the molecule is CCc1nccc2cc(O)cc(F)c12. The fraction of sp³-hybridized carbons (Fsp3) is 0.182. The van der Waals surface area contributed by atoms with Gasteiger partial charge in [-0.2, -0.15) is 0 Å². The Bertz CT molecular complexity index is 482. The average Bonchev–Trinajstić information content (AvgIpc) is 2.16. The minimum Gasteiger partial charge on any atom is -0.508 e. The molecule has 2 rings (SSSR count). The topological polar surface area (TPSA) is 33.1 Å². The summed E-state index contributed by atoms with van der Waals surface area (Å²) < 4.78 is 13.5. The third-order valence-electron chi connectivity index (χ3n) is 2.21. The normalized spacial score (nSPS) is 10.7. The van der Waals surface area contributed by atoms with E-state index in [2.05, 4.69) is 4.98 Å². The van der Waals surface area contributed by atoms with E-state index >= 15 is 0 Å². The summed E-state index contributed by atoms with van der Waals surface area (Å²) in [7, 11) is 0. The molecule has 0 saturated carbocycles. The Kier molecular flexibility index (Phi) is 2.08. The Morgan fingerprint density at radius 2 is 2.21 bits per heavy atom. The van der Waals surface area contributed by atoms with E-state index in [1.165, 1.54) is 0 Å². The van der Waals surface area contributed by atoms with Gasteiger partial charge in [0.2, 0.25) is 0 Å². The lowest BCUT2D eigenvalue weighted by molar-refractivity contribution is 0.471. The van der Waals surface area contributed by atoms with Crippen molar-refractivity contribution in [2.45, 2.75) is 13.3 Å². The van der Waals surface area contributed by atoms with Gasteiger partial charge in [0.05, 0.1) is 5.69 Å². The molecule has 0 radical (unpaired) electrons. The first-order valence-electron chi connectivity index (χ1n) is 4.48. The van der Waals surface area contributed by atoms with Crippen LogP contribution >= 0.6 is 0 Å². The second-order valence-corrected chi connectivity index (χ2v) is 3.14. The molecule has 3 heteroatoms. The van der Waals surface area contributed by atoms with Crippen LogP contribution in [0.4, 0.5) is 4.39 Å². The van der Waals surface area contributed by atoms with E-state index in [1.54, 1.807) is 18.3 Å². The standard InChI is InChI=1S/C11H10FNO/c1-2-10-11-7(3-4-13-10)5-8(14)6-9(11)12/h3-6,14H,2H2,1H3. The minimum absolute atomic E-state index is 0.0525. The molecule has 1 aromatic heterocycles. The summed E-state index contributed by atoms with van der Waals surface area (Å²) in [6.07, 6.45) is 2.30. The van der Waals surface area contributed by atoms with Gasteiger partial charge >= 0.3 is 0 Å². The summed E-state index contributed by atoms with van der Waals surface area (Å²) in [5.74, 6) is -0.465. The smallest absolute Gasteiger partial charge is 0.136 e. The fourth-order valence-electron chi connectivity index (χ4n) is 1.59. The van der Waals surface area contributed by atoms with Gasteiger partial charge in [-0.15, -0.1) is 0 Å². The fourth-order valence-corrected chi connectivity index (χ4v) is 1.59. The summed E-state index contributed by atoms with van der Waals surface area (Å²) >= 11 is 0. The number of benzene rings is 1. The number of aryl methyl sites for hydroxylation is 1. The van der Waals surface area contributed by atoms with E-state index in [4.69, 9.17) is 0 Å². The molecule has 2 aromatic rings. The molecule has 2 nitrogen and oxygen atoms in total. The van der Waals surface area contributed by atoms with Crippen molar-refractivity contribution in [3.63, 3.8) is 0 Å². The van der Waals surface area contributed by atoms with Gasteiger partial charge in [0.15, 0.2) is 0 Å². The van der Waals surface area contributed by atoms with E-state index in [0.29, 0.717) is 17.2 Å². The highest BCUT2D eigenvalue weighted by Crippen LogP contribution is 2.25. The number of rotatable bonds is 1. The van der Waals surface area contributed by atoms with Crippen LogP contribution in [-0.2, 0) is 6.42 Å². The molecule has 1 heterocycles. The van der Waals surface area contributed by atoms with Crippen molar-refractivity contribution in [3.8, 4) is 5.75 Å². The summed E-state index contributed by atoms with van der Waals surface area (Å²) in [6.45, 7) is 1.92. The number of halogens is 1. The van der Waals surface area contributed by atoms with Crippen LogP contribution in [0.2, 0.25) is 0 Å². The molecule has 72 valence electrons. The number of phenolic OH excluding ortho intramolecular Hbond substituents is 1. The van der Waals surface area contributed by atoms with Crippen LogP contribution in [-0.4, -0.2) is 10.1 Å². The molecule has 0 atom stereocenters. The highest BCUT2D eigenvalue weighted by atomic mass is 19.1. The Hall–Kier alpha value is -1.64. The van der Waals surface area contributed by atoms with Gasteiger partial charge in [0.25, 0.3) is 0 Å². The maximum Gasteiger partial charge on any atom is 0.136 e. The van der Waals surface area contributed by atoms with Crippen LogP contribution in [0.15, 0.2) is 24.4 Å². The number of pyridine rings is 1. The average molecular weight is 191 g/mol. The highest BCUT2D eigenvalue weighted by Gasteiger charge is 2.07. The predicted molar refractivity (Wildman–Crippen MR) is 52.7 cm³/mol. The largest absolute Gasteiger partial charge is 0.508 e. The second-order valence-electron chi connectivity index (χ2n) is 3.14. The van der Waals surface area contributed by atoms with Crippen molar-refractivity contribution in [2.75, 3.05) is 0 Å². The molecule has 1 N–H and O–H groups in total. The highest BCUT2D eigenvalue weighted by molar-refractivity contribution is 5.86. The van der Waals surface area contributed by atoms with Crippen molar-refractivity contribution >= 4 is 10.8 Å². The van der Waals surface area contributed by atoms with Crippen molar-refractivity contribution in [3.05, 3.63) is 35.9 Å². The molecule has 0 spiro atoms. The summed E-state index contributed by atoms with van der Waals surface area (Å²) in [4.78, 5) is 4.09. The Balaban J connectivity index is 2.87. The van der Waals surface area contributed by atoms with Crippen LogP contribution in [0, 0.1) is 5.82 Å². The van der Waals surface area contributed by atoms with E-state index in [-0.39, 0.29) is 5.75 Å². The lowest BCUT2D eigenvalue weighted by Gasteiger charge is -2.04. The zero-order chi connectivity index (χ0) is 10.1. The zero-order valence-corrected chi connectivity index (χ0v) is 7.79. The van der Waals surface area contributed by atoms with Crippen LogP contribution in [0.5, 0.6) is 5.75 Å². The maximum absolute atomic E-state index is 13.5. The molecule has 0 aliphatic carbocycles. The molecule has 0 unspecified atom stereocenters. The van der Waals surface area contributed by atoms with Gasteiger partial charge in [0, 0.05) is 17.6 Å². The molecule has 1 aromatic carbocycles. The molecule has 0 bridgehead atoms. The number of nitrogens with zero attached hydrogens (tertiary/aromatic N) is 1. The number of fused-ring (bicyclic) bond motifs is 1. The Morgan fingerprint density at radius 3 is 2.93 bits per heavy atom. The quantitative estimate of drug-likeness (QED) is 0.751. The molecule has 0 amide bonds. The summed E-state index contributed by atoms with van der Waals surface area (Å²) in [5.41, 5.74) is 0.722. The first-order valence-corrected chi connectivity index (χ1v) is 4.48. The molecule has 0 aliphatic heterocycles. The third kappa shape index (κ3) is 1.31. The molecule has 0 saturated heterocycles. The molecule has 0 fully saturated rings. The molecule has 14 heavy (non-hydrogen) atoms. The van der Waals surface area contributed by atoms with Gasteiger partial charge < -0.3 is 5.11 Å². The Labute approximate surface area is 81.0 Å². The number of aromatic nitrogens is 1. The van der Waals surface area contributed by atoms with Crippen LogP contribution in [0.25, 0.3) is 10.8 Å². The number of hydrogen-bond donors (Lipinski definition) is 1. The molecular formula is C11H10FNO. The van der Waals surface area contributed by atoms with Crippen LogP contribution in [0.1, 0.15) is 12.6 Å². The van der Waals surface area contributed by atoms with Crippen LogP contribution in [0.3, 0.4) is 0 Å². The van der Waals surface area contributed by atoms with Crippen molar-refractivity contribution in [1.29, 1.82) is 0 Å². The lowest BCUT2D eigenvalue weighted by Crippen LogP contribution is -1.91. The zero-order valence-electron chi connectivity index (χ0n) is 7.79. The number of hydrogen-bond acceptors (Lipinski definition) is 2. The third-order valence-corrected chi connectivity index (χ3v) is 2.21. The Morgan fingerprint density at radius 1 is 1.43 bits per heavy atom. The van der Waals surface area contributed by atoms with Gasteiger partial charge in [-0.3, -0.25) is 4.98 Å². The number of phenols is 1. The summed E-state index contributed by atoms with van der Waals surface area (Å²) in [5, 5.41) is 10.4. The predicted octanol–water partition coefficient (Wildman–Crippen LogP) is 2.64. The molecular weight excluding hydrogens is 181 g/mol. The van der Waals surface area contributed by atoms with Crippen molar-refractivity contribution in [1.82, 2.24) is 4.98 Å². The van der Waals surface area contributed by atoms with Crippen LogP contribution < -0.4 is 0 Å². The van der Waals surface area contributed by atoms with Gasteiger partial charge in [-0.1, -0.05) is 6.92 Å². The van der Waals surface area contributed by atoms with Crippen molar-refractivity contribution in [2.24, 2.45) is 0 Å². The monoisotopic (exact) mass is 191 g/mol. The first kappa shape index (κ1) is 8.94. The molecule has 0 aliphatic rings. The lowest BCUT2D eigenvalue weighted by atomic mass is 10.1. The van der Waals surface area contributed by atoms with Crippen molar-refractivity contribution < 1.29 is 9.50 Å². The minimum atomic E-state index is -0.412. The van der Waals surface area contributed by atoms with E-state index in [0.717, 1.165) is 11.8 Å². The van der Waals surface area contributed by atoms with E-state index in [9.17, 15) is 9.50 Å². The van der Waals surface area contributed by atoms with Gasteiger partial charge in [-0.05, 0) is 23.9 Å². The second kappa shape index (κ2) is 3.25. The van der Waals surface area contributed by atoms with E-state index < -0.39 is 5.82 Å².